The van der Waals surface area contributed by atoms with Crippen molar-refractivity contribution in [2.24, 2.45) is 10.7 Å². The van der Waals surface area contributed by atoms with Gasteiger partial charge in [-0.05, 0) is 13.0 Å². The number of hydrogen-bond donors (Lipinski definition) is 1. The molecule has 0 aromatic heterocycles. The second-order valence-electron chi connectivity index (χ2n) is 0.937. The monoisotopic (exact) mass is 116 g/mol. The lowest BCUT2D eigenvalue weighted by Crippen LogP contribution is -1.89. The Labute approximate surface area is 47.5 Å². The lowest BCUT2D eigenvalue weighted by Gasteiger charge is -1.83. The average molecular weight is 116 g/mol. The van der Waals surface area contributed by atoms with Crippen LogP contribution >= 0.6 is 11.8 Å². The summed E-state index contributed by atoms with van der Waals surface area (Å²) in [6, 6.07) is 0. The standard InChI is InChI=1S/C4H8N2S/c1-6-4(5)3-7-2/h3H,1,5H2,2H3/b4-3-. The van der Waals surface area contributed by atoms with Gasteiger partial charge >= 0.3 is 0 Å². The van der Waals surface area contributed by atoms with Gasteiger partial charge in [0.2, 0.25) is 0 Å². The summed E-state index contributed by atoms with van der Waals surface area (Å²) in [5.74, 6) is 0.479. The number of aliphatic imine (C=N–C) groups is 1. The molecule has 0 aliphatic carbocycles. The second-order valence-corrected chi connectivity index (χ2v) is 1.64. The number of nitrogens with two attached hydrogens (primary N) is 1. The molecule has 3 heteroatoms. The summed E-state index contributed by atoms with van der Waals surface area (Å²) in [5.41, 5.74) is 5.19. The molecule has 2 nitrogen and oxygen atoms in total. The molecule has 0 bridgehead atoms. The number of thioether (sulfide) groups is 1. The van der Waals surface area contributed by atoms with Crippen molar-refractivity contribution in [3.05, 3.63) is 11.2 Å². The predicted molar refractivity (Wildman–Crippen MR) is 35.3 cm³/mol. The Kier molecular flexibility index (Phi) is 3.50. The van der Waals surface area contributed by atoms with Crippen LogP contribution in [0.2, 0.25) is 0 Å². The van der Waals surface area contributed by atoms with Gasteiger partial charge in [0.1, 0.15) is 5.82 Å². The molecule has 0 rings (SSSR count). The van der Waals surface area contributed by atoms with Crippen molar-refractivity contribution < 1.29 is 0 Å². The molecule has 7 heavy (non-hydrogen) atoms. The van der Waals surface area contributed by atoms with Crippen molar-refractivity contribution in [1.82, 2.24) is 0 Å². The Morgan fingerprint density at radius 2 is 2.57 bits per heavy atom. The van der Waals surface area contributed by atoms with E-state index in [4.69, 9.17) is 5.73 Å². The first-order valence-corrected chi connectivity index (χ1v) is 3.05. The third kappa shape index (κ3) is 3.39. The lowest BCUT2D eigenvalue weighted by molar-refractivity contribution is 1.28. The molecule has 40 valence electrons. The highest BCUT2D eigenvalue weighted by molar-refractivity contribution is 8.01. The van der Waals surface area contributed by atoms with E-state index in [1.807, 2.05) is 6.26 Å². The highest BCUT2D eigenvalue weighted by atomic mass is 32.2. The van der Waals surface area contributed by atoms with Crippen molar-refractivity contribution in [1.29, 1.82) is 0 Å². The molecule has 2 N–H and O–H groups in total. The van der Waals surface area contributed by atoms with E-state index in [2.05, 4.69) is 11.7 Å². The molecule has 0 saturated heterocycles. The minimum absolute atomic E-state index is 0.479. The lowest BCUT2D eigenvalue weighted by atomic mass is 10.9. The van der Waals surface area contributed by atoms with Crippen molar-refractivity contribution >= 4 is 18.5 Å². The zero-order chi connectivity index (χ0) is 5.70. The summed E-state index contributed by atoms with van der Waals surface area (Å²) in [7, 11) is 0. The fourth-order valence-electron chi connectivity index (χ4n) is 0.158. The van der Waals surface area contributed by atoms with Crippen molar-refractivity contribution in [3.63, 3.8) is 0 Å². The number of rotatable bonds is 2. The summed E-state index contributed by atoms with van der Waals surface area (Å²) in [5, 5.41) is 1.73. The summed E-state index contributed by atoms with van der Waals surface area (Å²) in [6.07, 6.45) is 1.91. The molecule has 0 aromatic rings. The van der Waals surface area contributed by atoms with Crippen LogP contribution in [-0.2, 0) is 0 Å². The highest BCUT2D eigenvalue weighted by Gasteiger charge is 1.73. The zero-order valence-corrected chi connectivity index (χ0v) is 5.03. The molecule has 0 unspecified atom stereocenters. The van der Waals surface area contributed by atoms with Gasteiger partial charge in [-0.2, -0.15) is 0 Å². The third-order valence-electron chi connectivity index (χ3n) is 0.421. The average Bonchev–Trinajstić information content (AvgIpc) is 1.68. The fraction of sp³-hybridized carbons (Fsp3) is 0.250. The first-order valence-electron chi connectivity index (χ1n) is 1.76. The molecule has 0 aromatic carbocycles. The minimum Gasteiger partial charge on any atom is -0.383 e. The molecule has 0 fully saturated rings. The van der Waals surface area contributed by atoms with Crippen LogP contribution in [0.25, 0.3) is 0 Å². The molecule has 0 heterocycles. The normalized spacial score (nSPS) is 11.3. The molecule has 0 aliphatic rings. The van der Waals surface area contributed by atoms with E-state index in [0.29, 0.717) is 5.82 Å². The topological polar surface area (TPSA) is 38.4 Å². The van der Waals surface area contributed by atoms with Crippen molar-refractivity contribution in [2.45, 2.75) is 0 Å². The summed E-state index contributed by atoms with van der Waals surface area (Å²) >= 11 is 1.51. The van der Waals surface area contributed by atoms with E-state index in [1.165, 1.54) is 11.8 Å². The molecule has 0 aliphatic heterocycles. The maximum absolute atomic E-state index is 5.19. The summed E-state index contributed by atoms with van der Waals surface area (Å²) < 4.78 is 0. The van der Waals surface area contributed by atoms with E-state index >= 15 is 0 Å². The SMILES string of the molecule is C=N/C(N)=C\SC. The first kappa shape index (κ1) is 6.56. The van der Waals surface area contributed by atoms with Crippen molar-refractivity contribution in [3.8, 4) is 0 Å². The molecular weight excluding hydrogens is 108 g/mol. The van der Waals surface area contributed by atoms with Gasteiger partial charge in [0.25, 0.3) is 0 Å². The quantitative estimate of drug-likeness (QED) is 0.542. The Bertz CT molecular complexity index is 87.7. The van der Waals surface area contributed by atoms with Gasteiger partial charge in [-0.1, -0.05) is 0 Å². The van der Waals surface area contributed by atoms with Gasteiger partial charge in [0, 0.05) is 5.41 Å². The molecule has 0 atom stereocenters. The fourth-order valence-corrected chi connectivity index (χ4v) is 0.474. The molecule has 0 spiro atoms. The number of hydrogen-bond acceptors (Lipinski definition) is 3. The van der Waals surface area contributed by atoms with E-state index in [1.54, 1.807) is 5.41 Å². The van der Waals surface area contributed by atoms with Crippen LogP contribution in [0.1, 0.15) is 0 Å². The van der Waals surface area contributed by atoms with Crippen LogP contribution in [0.5, 0.6) is 0 Å². The molecule has 0 saturated carbocycles. The molecular formula is C4H8N2S. The predicted octanol–water partition coefficient (Wildman–Crippen LogP) is 0.808. The number of nitrogens with zero attached hydrogens (tertiary/aromatic N) is 1. The smallest absolute Gasteiger partial charge is 0.128 e. The van der Waals surface area contributed by atoms with Gasteiger partial charge < -0.3 is 5.73 Å². The second kappa shape index (κ2) is 3.74. The van der Waals surface area contributed by atoms with Crippen LogP contribution in [0.3, 0.4) is 0 Å². The third-order valence-corrected chi connectivity index (χ3v) is 0.898. The Morgan fingerprint density at radius 3 is 2.71 bits per heavy atom. The van der Waals surface area contributed by atoms with E-state index in [9.17, 15) is 0 Å². The van der Waals surface area contributed by atoms with Crippen molar-refractivity contribution in [2.75, 3.05) is 6.26 Å². The highest BCUT2D eigenvalue weighted by Crippen LogP contribution is 1.96. The van der Waals surface area contributed by atoms with Crippen LogP contribution < -0.4 is 5.73 Å². The summed E-state index contributed by atoms with van der Waals surface area (Å²) in [4.78, 5) is 3.45. The zero-order valence-electron chi connectivity index (χ0n) is 4.22. The Morgan fingerprint density at radius 1 is 2.00 bits per heavy atom. The van der Waals surface area contributed by atoms with Gasteiger partial charge in [0.05, 0.1) is 0 Å². The molecule has 0 radical (unpaired) electrons. The maximum atomic E-state index is 5.19. The van der Waals surface area contributed by atoms with Gasteiger partial charge in [-0.25, -0.2) is 4.99 Å². The van der Waals surface area contributed by atoms with Crippen LogP contribution in [0.15, 0.2) is 16.2 Å². The van der Waals surface area contributed by atoms with E-state index < -0.39 is 0 Å². The first-order chi connectivity index (χ1) is 3.31. The van der Waals surface area contributed by atoms with Gasteiger partial charge in [0.15, 0.2) is 0 Å². The van der Waals surface area contributed by atoms with Crippen LogP contribution in [-0.4, -0.2) is 13.0 Å². The van der Waals surface area contributed by atoms with Crippen LogP contribution in [0, 0.1) is 0 Å². The van der Waals surface area contributed by atoms with E-state index in [-0.39, 0.29) is 0 Å². The summed E-state index contributed by atoms with van der Waals surface area (Å²) in [6.45, 7) is 3.22. The van der Waals surface area contributed by atoms with Crippen LogP contribution in [0.4, 0.5) is 0 Å². The molecule has 0 amide bonds. The largest absolute Gasteiger partial charge is 0.383 e. The Hall–Kier alpha value is -0.440. The van der Waals surface area contributed by atoms with Gasteiger partial charge in [-0.3, -0.25) is 0 Å². The Balaban J connectivity index is 3.49. The van der Waals surface area contributed by atoms with E-state index in [0.717, 1.165) is 0 Å². The van der Waals surface area contributed by atoms with Gasteiger partial charge in [-0.15, -0.1) is 11.8 Å². The maximum Gasteiger partial charge on any atom is 0.128 e. The minimum atomic E-state index is 0.479.